The first-order valence-corrected chi connectivity index (χ1v) is 8.25. The number of sulfonamides is 2. The van der Waals surface area contributed by atoms with Gasteiger partial charge in [-0.25, -0.2) is 36.7 Å². The van der Waals surface area contributed by atoms with E-state index in [2.05, 4.69) is 14.7 Å². The summed E-state index contributed by atoms with van der Waals surface area (Å²) in [4.78, 5) is 7.16. The molecule has 0 aliphatic rings. The van der Waals surface area contributed by atoms with Crippen LogP contribution in [0.4, 0.5) is 5.95 Å². The molecule has 0 radical (unpaired) electrons. The quantitative estimate of drug-likeness (QED) is 0.811. The molecular weight excluding hydrogens is 304 g/mol. The number of benzene rings is 1. The molecular formula is C10H10N4O4S2. The molecule has 2 aromatic rings. The molecule has 0 saturated carbocycles. The second-order valence-corrected chi connectivity index (χ2v) is 6.94. The number of nitrogens with one attached hydrogen (secondary N) is 1. The second-order valence-electron chi connectivity index (χ2n) is 3.69. The molecule has 0 bridgehead atoms. The second kappa shape index (κ2) is 5.15. The lowest BCUT2D eigenvalue weighted by Crippen LogP contribution is -2.16. The summed E-state index contributed by atoms with van der Waals surface area (Å²) in [6.45, 7) is 0. The van der Waals surface area contributed by atoms with E-state index in [0.717, 1.165) is 24.3 Å². The van der Waals surface area contributed by atoms with Gasteiger partial charge in [0.1, 0.15) is 0 Å². The number of nitrogens with two attached hydrogens (primary N) is 1. The fourth-order valence-electron chi connectivity index (χ4n) is 1.34. The van der Waals surface area contributed by atoms with Gasteiger partial charge in [-0.2, -0.15) is 0 Å². The Bertz CT molecular complexity index is 802. The van der Waals surface area contributed by atoms with Crippen molar-refractivity contribution in [2.75, 3.05) is 4.72 Å². The molecule has 0 aliphatic carbocycles. The minimum atomic E-state index is -3.89. The van der Waals surface area contributed by atoms with E-state index < -0.39 is 20.0 Å². The van der Waals surface area contributed by atoms with Crippen LogP contribution in [0.25, 0.3) is 0 Å². The van der Waals surface area contributed by atoms with Crippen molar-refractivity contribution in [3.63, 3.8) is 0 Å². The molecule has 0 aliphatic heterocycles. The number of anilines is 1. The van der Waals surface area contributed by atoms with Crippen LogP contribution < -0.4 is 9.86 Å². The van der Waals surface area contributed by atoms with Crippen molar-refractivity contribution in [3.05, 3.63) is 42.7 Å². The first-order chi connectivity index (χ1) is 9.29. The summed E-state index contributed by atoms with van der Waals surface area (Å²) < 4.78 is 48.3. The van der Waals surface area contributed by atoms with Gasteiger partial charge in [-0.15, -0.1) is 0 Å². The first kappa shape index (κ1) is 14.4. The minimum Gasteiger partial charge on any atom is -0.247 e. The van der Waals surface area contributed by atoms with Gasteiger partial charge in [-0.3, -0.25) is 0 Å². The van der Waals surface area contributed by atoms with E-state index in [0.29, 0.717) is 0 Å². The van der Waals surface area contributed by atoms with Crippen molar-refractivity contribution in [2.24, 2.45) is 5.14 Å². The highest BCUT2D eigenvalue weighted by Crippen LogP contribution is 2.15. The zero-order valence-electron chi connectivity index (χ0n) is 9.96. The third-order valence-electron chi connectivity index (χ3n) is 2.25. The summed E-state index contributed by atoms with van der Waals surface area (Å²) in [6, 6.07) is 6.01. The summed E-state index contributed by atoms with van der Waals surface area (Å²) in [5, 5.41) is 4.93. The van der Waals surface area contributed by atoms with E-state index in [-0.39, 0.29) is 15.7 Å². The third-order valence-corrected chi connectivity index (χ3v) is 4.53. The SMILES string of the molecule is NS(=O)(=O)c1ccc(S(=O)(=O)Nc2ncccn2)cc1. The molecule has 0 atom stereocenters. The van der Waals surface area contributed by atoms with Gasteiger partial charge < -0.3 is 0 Å². The lowest BCUT2D eigenvalue weighted by molar-refractivity contribution is 0.595. The number of hydrogen-bond donors (Lipinski definition) is 2. The maximum atomic E-state index is 12.0. The van der Waals surface area contributed by atoms with Crippen molar-refractivity contribution >= 4 is 26.0 Å². The van der Waals surface area contributed by atoms with Gasteiger partial charge in [-0.1, -0.05) is 0 Å². The highest BCUT2D eigenvalue weighted by molar-refractivity contribution is 7.92. The lowest BCUT2D eigenvalue weighted by Gasteiger charge is -2.06. The molecule has 1 aromatic heterocycles. The largest absolute Gasteiger partial charge is 0.264 e. The van der Waals surface area contributed by atoms with Crippen LogP contribution in [0.1, 0.15) is 0 Å². The molecule has 1 aromatic carbocycles. The predicted octanol–water partition coefficient (Wildman–Crippen LogP) is -0.0752. The van der Waals surface area contributed by atoms with Crippen LogP contribution in [0.15, 0.2) is 52.5 Å². The van der Waals surface area contributed by atoms with Crippen molar-refractivity contribution in [1.82, 2.24) is 9.97 Å². The van der Waals surface area contributed by atoms with Gasteiger partial charge in [-0.05, 0) is 30.3 Å². The van der Waals surface area contributed by atoms with Gasteiger partial charge in [0.05, 0.1) is 9.79 Å². The van der Waals surface area contributed by atoms with Crippen molar-refractivity contribution in [2.45, 2.75) is 9.79 Å². The van der Waals surface area contributed by atoms with Gasteiger partial charge in [0, 0.05) is 12.4 Å². The Morgan fingerprint density at radius 1 is 0.900 bits per heavy atom. The Hall–Kier alpha value is -2.04. The van der Waals surface area contributed by atoms with Crippen LogP contribution >= 0.6 is 0 Å². The van der Waals surface area contributed by atoms with Crippen molar-refractivity contribution in [1.29, 1.82) is 0 Å². The van der Waals surface area contributed by atoms with Crippen LogP contribution in [0, 0.1) is 0 Å². The van der Waals surface area contributed by atoms with Crippen LogP contribution in [0.3, 0.4) is 0 Å². The number of aromatic nitrogens is 2. The lowest BCUT2D eigenvalue weighted by atomic mass is 10.4. The Kier molecular flexibility index (Phi) is 3.70. The average Bonchev–Trinajstić information content (AvgIpc) is 2.38. The van der Waals surface area contributed by atoms with Gasteiger partial charge in [0.2, 0.25) is 16.0 Å². The first-order valence-electron chi connectivity index (χ1n) is 5.22. The molecule has 1 heterocycles. The maximum absolute atomic E-state index is 12.0. The molecule has 3 N–H and O–H groups in total. The van der Waals surface area contributed by atoms with E-state index in [9.17, 15) is 16.8 Å². The minimum absolute atomic E-state index is 0.0805. The predicted molar refractivity (Wildman–Crippen MR) is 70.7 cm³/mol. The molecule has 106 valence electrons. The van der Waals surface area contributed by atoms with Gasteiger partial charge >= 0.3 is 0 Å². The monoisotopic (exact) mass is 314 g/mol. The Labute approximate surface area is 115 Å². The average molecular weight is 314 g/mol. The van der Waals surface area contributed by atoms with Crippen molar-refractivity contribution in [3.8, 4) is 0 Å². The van der Waals surface area contributed by atoms with E-state index in [1.807, 2.05) is 0 Å². The van der Waals surface area contributed by atoms with E-state index in [1.54, 1.807) is 6.07 Å². The van der Waals surface area contributed by atoms with Crippen LogP contribution in [0.2, 0.25) is 0 Å². The molecule has 0 unspecified atom stereocenters. The standard InChI is InChI=1S/C10H10N4O4S2/c11-19(15,16)8-2-4-9(5-3-8)20(17,18)14-10-12-6-1-7-13-10/h1-7H,(H2,11,15,16)(H,12,13,14). The van der Waals surface area contributed by atoms with Crippen LogP contribution in [-0.4, -0.2) is 26.8 Å². The topological polar surface area (TPSA) is 132 Å². The number of hydrogen-bond acceptors (Lipinski definition) is 6. The molecule has 0 saturated heterocycles. The molecule has 0 amide bonds. The Morgan fingerprint density at radius 3 is 1.90 bits per heavy atom. The highest BCUT2D eigenvalue weighted by Gasteiger charge is 2.16. The van der Waals surface area contributed by atoms with Crippen LogP contribution in [0.5, 0.6) is 0 Å². The number of rotatable bonds is 4. The zero-order valence-corrected chi connectivity index (χ0v) is 11.6. The summed E-state index contributed by atoms with van der Waals surface area (Å²) in [7, 11) is -7.75. The molecule has 0 spiro atoms. The molecule has 0 fully saturated rings. The summed E-state index contributed by atoms with van der Waals surface area (Å²) in [6.07, 6.45) is 2.77. The van der Waals surface area contributed by atoms with Crippen molar-refractivity contribution < 1.29 is 16.8 Å². The normalized spacial score (nSPS) is 12.1. The van der Waals surface area contributed by atoms with Gasteiger partial charge in [0.15, 0.2) is 0 Å². The van der Waals surface area contributed by atoms with Crippen LogP contribution in [-0.2, 0) is 20.0 Å². The number of nitrogens with zero attached hydrogens (tertiary/aromatic N) is 2. The summed E-state index contributed by atoms with van der Waals surface area (Å²) in [5.74, 6) is -0.0805. The van der Waals surface area contributed by atoms with E-state index in [1.165, 1.54) is 12.4 Å². The molecule has 8 nitrogen and oxygen atoms in total. The summed E-state index contributed by atoms with van der Waals surface area (Å²) in [5.41, 5.74) is 0. The summed E-state index contributed by atoms with van der Waals surface area (Å²) >= 11 is 0. The Morgan fingerprint density at radius 2 is 1.40 bits per heavy atom. The maximum Gasteiger partial charge on any atom is 0.264 e. The van der Waals surface area contributed by atoms with Gasteiger partial charge in [0.25, 0.3) is 10.0 Å². The fraction of sp³-hybridized carbons (Fsp3) is 0. The smallest absolute Gasteiger partial charge is 0.247 e. The molecule has 20 heavy (non-hydrogen) atoms. The van der Waals surface area contributed by atoms with E-state index >= 15 is 0 Å². The molecule has 10 heteroatoms. The molecule has 2 rings (SSSR count). The highest BCUT2D eigenvalue weighted by atomic mass is 32.2. The van der Waals surface area contributed by atoms with E-state index in [4.69, 9.17) is 5.14 Å². The Balaban J connectivity index is 2.31. The number of primary sulfonamides is 1. The zero-order chi connectivity index (χ0) is 14.8. The fourth-order valence-corrected chi connectivity index (χ4v) is 2.81. The third kappa shape index (κ3) is 3.29.